The van der Waals surface area contributed by atoms with Crippen LogP contribution in [-0.2, 0) is 28.6 Å². The van der Waals surface area contributed by atoms with E-state index in [0.29, 0.717) is 19.3 Å². The molecule has 0 radical (unpaired) electrons. The zero-order valence-corrected chi connectivity index (χ0v) is 43.5. The van der Waals surface area contributed by atoms with Crippen molar-refractivity contribution in [3.8, 4) is 0 Å². The highest BCUT2D eigenvalue weighted by Crippen LogP contribution is 2.15. The van der Waals surface area contributed by atoms with Gasteiger partial charge in [-0.1, -0.05) is 224 Å². The predicted octanol–water partition coefficient (Wildman–Crippen LogP) is 18.9. The number of unbranched alkanes of at least 4 members (excludes halogenated alkanes) is 35. The Balaban J connectivity index is 4.38. The van der Waals surface area contributed by atoms with E-state index >= 15 is 0 Å². The average Bonchev–Trinajstić information content (AvgIpc) is 3.30. The van der Waals surface area contributed by atoms with Crippen molar-refractivity contribution in [2.24, 2.45) is 0 Å². The minimum absolute atomic E-state index is 0.0784. The summed E-state index contributed by atoms with van der Waals surface area (Å²) < 4.78 is 16.9. The van der Waals surface area contributed by atoms with Crippen molar-refractivity contribution in [3.05, 3.63) is 36.5 Å². The van der Waals surface area contributed by atoms with Crippen molar-refractivity contribution in [1.82, 2.24) is 0 Å². The Morgan fingerprint density at radius 2 is 0.508 bits per heavy atom. The van der Waals surface area contributed by atoms with Gasteiger partial charge >= 0.3 is 17.9 Å². The number of ether oxygens (including phenoxy) is 3. The zero-order chi connectivity index (χ0) is 47.2. The Kier molecular flexibility index (Phi) is 52.3. The van der Waals surface area contributed by atoms with E-state index in [0.717, 1.165) is 70.6 Å². The molecular formula is C59H108O6. The maximum absolute atomic E-state index is 12.8. The van der Waals surface area contributed by atoms with Crippen molar-refractivity contribution in [1.29, 1.82) is 0 Å². The molecule has 0 amide bonds. The van der Waals surface area contributed by atoms with E-state index < -0.39 is 6.10 Å². The number of allylic oxidation sites excluding steroid dienone is 6. The molecule has 0 rings (SSSR count). The van der Waals surface area contributed by atoms with Crippen LogP contribution in [-0.4, -0.2) is 37.2 Å². The Bertz CT molecular complexity index is 1090. The van der Waals surface area contributed by atoms with E-state index in [2.05, 4.69) is 57.2 Å². The highest BCUT2D eigenvalue weighted by Gasteiger charge is 2.19. The normalized spacial score (nSPS) is 12.2. The molecule has 0 fully saturated rings. The van der Waals surface area contributed by atoms with Gasteiger partial charge in [0.2, 0.25) is 0 Å². The third-order valence-electron chi connectivity index (χ3n) is 12.6. The lowest BCUT2D eigenvalue weighted by atomic mass is 10.1. The molecule has 1 atom stereocenters. The smallest absolute Gasteiger partial charge is 0.306 e. The second-order valence-electron chi connectivity index (χ2n) is 19.2. The van der Waals surface area contributed by atoms with Crippen molar-refractivity contribution >= 4 is 17.9 Å². The van der Waals surface area contributed by atoms with Gasteiger partial charge < -0.3 is 14.2 Å². The molecule has 0 saturated heterocycles. The highest BCUT2D eigenvalue weighted by molar-refractivity contribution is 5.71. The first-order valence-electron chi connectivity index (χ1n) is 28.5. The lowest BCUT2D eigenvalue weighted by Gasteiger charge is -2.18. The standard InChI is InChI=1S/C59H108O6/c1-4-7-10-13-16-19-22-25-28-31-34-37-40-43-46-49-52-58(61)64-55-56(54-63-57(60)51-48-45-42-39-36-33-30-27-24-21-18-15-12-9-6-3)65-59(62)53-50-47-44-41-38-35-32-29-26-23-20-17-14-11-8-5-2/h21,24,28-29,31-32,56H,4-20,22-23,25-27,30,33-55H2,1-3H3/b24-21-,31-28-,32-29-. The molecule has 0 N–H and O–H groups in total. The summed E-state index contributed by atoms with van der Waals surface area (Å²) in [4.78, 5) is 38.1. The molecule has 0 heterocycles. The van der Waals surface area contributed by atoms with Crippen LogP contribution in [0.5, 0.6) is 0 Å². The van der Waals surface area contributed by atoms with Crippen LogP contribution < -0.4 is 0 Å². The number of esters is 3. The number of carbonyl (C=O) groups excluding carboxylic acids is 3. The Labute approximate surface area is 404 Å². The van der Waals surface area contributed by atoms with E-state index in [1.165, 1.54) is 193 Å². The fourth-order valence-electron chi connectivity index (χ4n) is 8.25. The van der Waals surface area contributed by atoms with Crippen molar-refractivity contribution in [3.63, 3.8) is 0 Å². The summed E-state index contributed by atoms with van der Waals surface area (Å²) in [6.07, 6.45) is 64.1. The average molecular weight is 914 g/mol. The van der Waals surface area contributed by atoms with E-state index in [9.17, 15) is 14.4 Å². The summed E-state index contributed by atoms with van der Waals surface area (Å²) >= 11 is 0. The van der Waals surface area contributed by atoms with Gasteiger partial charge in [-0.3, -0.25) is 14.4 Å². The van der Waals surface area contributed by atoms with Crippen LogP contribution in [0.2, 0.25) is 0 Å². The molecule has 0 aliphatic carbocycles. The Hall–Kier alpha value is -2.37. The van der Waals surface area contributed by atoms with Gasteiger partial charge in [0, 0.05) is 19.3 Å². The van der Waals surface area contributed by atoms with Crippen molar-refractivity contribution in [2.75, 3.05) is 13.2 Å². The molecule has 6 heteroatoms. The molecular weight excluding hydrogens is 805 g/mol. The van der Waals surface area contributed by atoms with Crippen LogP contribution >= 0.6 is 0 Å². The van der Waals surface area contributed by atoms with E-state index in [1.807, 2.05) is 0 Å². The summed E-state index contributed by atoms with van der Waals surface area (Å²) in [6.45, 7) is 6.64. The minimum Gasteiger partial charge on any atom is -0.462 e. The van der Waals surface area contributed by atoms with Crippen LogP contribution in [0.4, 0.5) is 0 Å². The lowest BCUT2D eigenvalue weighted by molar-refractivity contribution is -0.167. The summed E-state index contributed by atoms with van der Waals surface area (Å²) in [7, 11) is 0. The third kappa shape index (κ3) is 52.5. The van der Waals surface area contributed by atoms with Gasteiger partial charge in [0.25, 0.3) is 0 Å². The van der Waals surface area contributed by atoms with Gasteiger partial charge in [0.1, 0.15) is 13.2 Å². The molecule has 0 bridgehead atoms. The van der Waals surface area contributed by atoms with Gasteiger partial charge in [0.05, 0.1) is 0 Å². The van der Waals surface area contributed by atoms with Crippen molar-refractivity contribution < 1.29 is 28.6 Å². The topological polar surface area (TPSA) is 78.9 Å². The molecule has 1 unspecified atom stereocenters. The van der Waals surface area contributed by atoms with E-state index in [1.54, 1.807) is 0 Å². The summed E-state index contributed by atoms with van der Waals surface area (Å²) in [5.41, 5.74) is 0. The Morgan fingerprint density at radius 1 is 0.292 bits per heavy atom. The molecule has 0 aromatic carbocycles. The van der Waals surface area contributed by atoms with E-state index in [4.69, 9.17) is 14.2 Å². The van der Waals surface area contributed by atoms with Crippen LogP contribution in [0.15, 0.2) is 36.5 Å². The monoisotopic (exact) mass is 913 g/mol. The first-order chi connectivity index (χ1) is 32.0. The van der Waals surface area contributed by atoms with Gasteiger partial charge in [-0.25, -0.2) is 0 Å². The summed E-state index contributed by atoms with van der Waals surface area (Å²) in [5, 5.41) is 0. The quantitative estimate of drug-likeness (QED) is 0.0262. The molecule has 0 spiro atoms. The first-order valence-corrected chi connectivity index (χ1v) is 28.5. The van der Waals surface area contributed by atoms with Gasteiger partial charge in [-0.05, 0) is 96.3 Å². The van der Waals surface area contributed by atoms with Gasteiger partial charge in [-0.15, -0.1) is 0 Å². The number of carbonyl (C=O) groups is 3. The van der Waals surface area contributed by atoms with Crippen molar-refractivity contribution in [2.45, 2.75) is 309 Å². The second-order valence-corrected chi connectivity index (χ2v) is 19.2. The zero-order valence-electron chi connectivity index (χ0n) is 43.5. The van der Waals surface area contributed by atoms with Gasteiger partial charge in [0.15, 0.2) is 6.10 Å². The largest absolute Gasteiger partial charge is 0.462 e. The number of hydrogen-bond acceptors (Lipinski definition) is 6. The maximum Gasteiger partial charge on any atom is 0.306 e. The second kappa shape index (κ2) is 54.2. The summed E-state index contributed by atoms with van der Waals surface area (Å²) in [5.74, 6) is -0.885. The first kappa shape index (κ1) is 62.6. The highest BCUT2D eigenvalue weighted by atomic mass is 16.6. The lowest BCUT2D eigenvalue weighted by Crippen LogP contribution is -2.30. The predicted molar refractivity (Wildman–Crippen MR) is 279 cm³/mol. The molecule has 380 valence electrons. The molecule has 0 saturated carbocycles. The number of hydrogen-bond donors (Lipinski definition) is 0. The van der Waals surface area contributed by atoms with Crippen LogP contribution in [0.25, 0.3) is 0 Å². The van der Waals surface area contributed by atoms with Crippen LogP contribution in [0.1, 0.15) is 303 Å². The molecule has 0 aliphatic rings. The van der Waals surface area contributed by atoms with Crippen LogP contribution in [0.3, 0.4) is 0 Å². The molecule has 6 nitrogen and oxygen atoms in total. The molecule has 0 aromatic rings. The third-order valence-corrected chi connectivity index (χ3v) is 12.6. The summed E-state index contributed by atoms with van der Waals surface area (Å²) in [6, 6.07) is 0. The van der Waals surface area contributed by atoms with Gasteiger partial charge in [-0.2, -0.15) is 0 Å². The Morgan fingerprint density at radius 3 is 0.785 bits per heavy atom. The molecule has 65 heavy (non-hydrogen) atoms. The SMILES string of the molecule is CCCCCC/C=C\CCCCCCCCCC(=O)OCC(COC(=O)CCCCCCC/C=C\CCCCCCCCC)OC(=O)CCCCCCC/C=C\CCCCCCCCC. The fourth-order valence-corrected chi connectivity index (χ4v) is 8.25. The number of rotatable bonds is 52. The minimum atomic E-state index is -0.780. The van der Waals surface area contributed by atoms with Crippen LogP contribution in [0, 0.1) is 0 Å². The molecule has 0 aromatic heterocycles. The maximum atomic E-state index is 12.8. The molecule has 0 aliphatic heterocycles. The fraction of sp³-hybridized carbons (Fsp3) is 0.847. The van der Waals surface area contributed by atoms with E-state index in [-0.39, 0.29) is 31.1 Å².